The predicted octanol–water partition coefficient (Wildman–Crippen LogP) is 2.35. The molecule has 0 N–H and O–H groups in total. The number of nitrogens with zero attached hydrogens (tertiary/aromatic N) is 3. The average molecular weight is 263 g/mol. The Morgan fingerprint density at radius 2 is 1.89 bits per heavy atom. The highest BCUT2D eigenvalue weighted by Gasteiger charge is 2.26. The zero-order chi connectivity index (χ0) is 14.2. The normalized spacial score (nSPS) is 19.2. The first-order valence-corrected chi connectivity index (χ1v) is 6.57. The summed E-state index contributed by atoms with van der Waals surface area (Å²) in [5.74, 6) is 0. The third-order valence-corrected chi connectivity index (χ3v) is 3.90. The number of non-ortho nitro benzene ring substituents is 1. The van der Waals surface area contributed by atoms with Crippen LogP contribution in [0, 0.1) is 24.0 Å². The van der Waals surface area contributed by atoms with Crippen molar-refractivity contribution < 1.29 is 4.92 Å². The second kappa shape index (κ2) is 5.17. The lowest BCUT2D eigenvalue weighted by Crippen LogP contribution is -2.31. The zero-order valence-electron chi connectivity index (χ0n) is 12.0. The van der Waals surface area contributed by atoms with Crippen molar-refractivity contribution in [2.45, 2.75) is 26.3 Å². The highest BCUT2D eigenvalue weighted by Crippen LogP contribution is 2.32. The van der Waals surface area contributed by atoms with Gasteiger partial charge in [0.25, 0.3) is 5.69 Å². The molecule has 1 aliphatic rings. The number of likely N-dealkylation sites (N-methyl/N-ethyl adjacent to an activating group) is 1. The third-order valence-electron chi connectivity index (χ3n) is 3.90. The number of hydrogen-bond donors (Lipinski definition) is 0. The van der Waals surface area contributed by atoms with Crippen molar-refractivity contribution in [2.75, 3.05) is 32.1 Å². The predicted molar refractivity (Wildman–Crippen MR) is 76.9 cm³/mol. The minimum atomic E-state index is -0.323. The molecule has 0 spiro atoms. The van der Waals surface area contributed by atoms with Crippen LogP contribution in [-0.4, -0.2) is 43.0 Å². The van der Waals surface area contributed by atoms with Crippen LogP contribution in [0.5, 0.6) is 0 Å². The van der Waals surface area contributed by atoms with Gasteiger partial charge in [0.15, 0.2) is 0 Å². The van der Waals surface area contributed by atoms with E-state index in [2.05, 4.69) is 23.9 Å². The van der Waals surface area contributed by atoms with Crippen molar-refractivity contribution in [3.63, 3.8) is 0 Å². The number of nitro groups is 1. The van der Waals surface area contributed by atoms with E-state index in [0.29, 0.717) is 6.04 Å². The fourth-order valence-electron chi connectivity index (χ4n) is 2.90. The first-order chi connectivity index (χ1) is 8.90. The molecule has 0 amide bonds. The maximum Gasteiger partial charge on any atom is 0.270 e. The summed E-state index contributed by atoms with van der Waals surface area (Å²) in [5, 5.41) is 10.9. The Bertz CT molecular complexity index is 476. The number of rotatable bonds is 3. The molecule has 0 bridgehead atoms. The number of anilines is 1. The fourth-order valence-corrected chi connectivity index (χ4v) is 2.90. The molecule has 1 unspecified atom stereocenters. The first-order valence-electron chi connectivity index (χ1n) is 6.57. The number of benzene rings is 1. The summed E-state index contributed by atoms with van der Waals surface area (Å²) in [7, 11) is 4.20. The van der Waals surface area contributed by atoms with Crippen LogP contribution in [0.3, 0.4) is 0 Å². The molecule has 5 nitrogen and oxygen atoms in total. The molecule has 19 heavy (non-hydrogen) atoms. The van der Waals surface area contributed by atoms with Crippen LogP contribution in [0.15, 0.2) is 12.1 Å². The van der Waals surface area contributed by atoms with Crippen LogP contribution >= 0.6 is 0 Å². The second-order valence-corrected chi connectivity index (χ2v) is 5.54. The van der Waals surface area contributed by atoms with Crippen LogP contribution in [0.25, 0.3) is 0 Å². The van der Waals surface area contributed by atoms with Gasteiger partial charge in [-0.25, -0.2) is 0 Å². The highest BCUT2D eigenvalue weighted by atomic mass is 16.6. The summed E-state index contributed by atoms with van der Waals surface area (Å²) in [6.45, 7) is 5.92. The van der Waals surface area contributed by atoms with Crippen molar-refractivity contribution in [1.82, 2.24) is 4.90 Å². The molecule has 1 saturated heterocycles. The van der Waals surface area contributed by atoms with Crippen molar-refractivity contribution in [1.29, 1.82) is 0 Å². The van der Waals surface area contributed by atoms with Crippen molar-refractivity contribution in [3.8, 4) is 0 Å². The van der Waals surface area contributed by atoms with Crippen LogP contribution in [0.1, 0.15) is 17.5 Å². The summed E-state index contributed by atoms with van der Waals surface area (Å²) in [4.78, 5) is 15.1. The standard InChI is InChI=1S/C14H21N3O2/c1-10-7-13(17(18)19)8-11(2)14(10)16-6-5-12(9-16)15(3)4/h7-8,12H,5-6,9H2,1-4H3. The van der Waals surface area contributed by atoms with Gasteiger partial charge in [-0.1, -0.05) is 0 Å². The molecule has 2 rings (SSSR count). The molecule has 0 saturated carbocycles. The van der Waals surface area contributed by atoms with Crippen molar-refractivity contribution >= 4 is 11.4 Å². The summed E-state index contributed by atoms with van der Waals surface area (Å²) < 4.78 is 0. The molecule has 0 radical (unpaired) electrons. The summed E-state index contributed by atoms with van der Waals surface area (Å²) >= 11 is 0. The Morgan fingerprint density at radius 1 is 1.32 bits per heavy atom. The van der Waals surface area contributed by atoms with Crippen LogP contribution in [0.4, 0.5) is 11.4 Å². The zero-order valence-corrected chi connectivity index (χ0v) is 12.0. The Kier molecular flexibility index (Phi) is 3.75. The van der Waals surface area contributed by atoms with Gasteiger partial charge in [0.1, 0.15) is 0 Å². The van der Waals surface area contributed by atoms with E-state index in [-0.39, 0.29) is 10.6 Å². The topological polar surface area (TPSA) is 49.6 Å². The van der Waals surface area contributed by atoms with Gasteiger partial charge in [-0.05, 0) is 45.5 Å². The Labute approximate surface area is 114 Å². The Balaban J connectivity index is 2.29. The maximum absolute atomic E-state index is 10.9. The van der Waals surface area contributed by atoms with Gasteiger partial charge in [-0.3, -0.25) is 10.1 Å². The molecular formula is C14H21N3O2. The molecule has 104 valence electrons. The SMILES string of the molecule is Cc1cc([N+](=O)[O-])cc(C)c1N1CCC(N(C)C)C1. The molecule has 0 aromatic heterocycles. The van der Waals surface area contributed by atoms with E-state index >= 15 is 0 Å². The van der Waals surface area contributed by atoms with E-state index in [4.69, 9.17) is 0 Å². The Morgan fingerprint density at radius 3 is 2.32 bits per heavy atom. The average Bonchev–Trinajstić information content (AvgIpc) is 2.77. The fraction of sp³-hybridized carbons (Fsp3) is 0.571. The van der Waals surface area contributed by atoms with E-state index in [0.717, 1.165) is 36.3 Å². The Hall–Kier alpha value is -1.62. The number of hydrogen-bond acceptors (Lipinski definition) is 4. The maximum atomic E-state index is 10.9. The van der Waals surface area contributed by atoms with Gasteiger partial charge >= 0.3 is 0 Å². The lowest BCUT2D eigenvalue weighted by molar-refractivity contribution is -0.384. The minimum absolute atomic E-state index is 0.183. The molecule has 1 aromatic carbocycles. The van der Waals surface area contributed by atoms with E-state index in [9.17, 15) is 10.1 Å². The molecule has 1 fully saturated rings. The molecule has 0 aliphatic carbocycles. The molecule has 1 aliphatic heterocycles. The third kappa shape index (κ3) is 2.71. The first kappa shape index (κ1) is 13.8. The van der Waals surface area contributed by atoms with E-state index in [1.165, 1.54) is 0 Å². The van der Waals surface area contributed by atoms with Gasteiger partial charge < -0.3 is 9.80 Å². The molecular weight excluding hydrogens is 242 g/mol. The molecule has 1 heterocycles. The minimum Gasteiger partial charge on any atom is -0.369 e. The quantitative estimate of drug-likeness (QED) is 0.620. The van der Waals surface area contributed by atoms with Gasteiger partial charge in [-0.15, -0.1) is 0 Å². The number of nitro benzene ring substituents is 1. The van der Waals surface area contributed by atoms with E-state index < -0.39 is 0 Å². The largest absolute Gasteiger partial charge is 0.369 e. The van der Waals surface area contributed by atoms with Gasteiger partial charge in [0.2, 0.25) is 0 Å². The van der Waals surface area contributed by atoms with Crippen LogP contribution < -0.4 is 4.90 Å². The molecule has 1 aromatic rings. The van der Waals surface area contributed by atoms with E-state index in [1.807, 2.05) is 13.8 Å². The summed E-state index contributed by atoms with van der Waals surface area (Å²) in [6.07, 6.45) is 1.14. The molecule has 5 heteroatoms. The van der Waals surface area contributed by atoms with E-state index in [1.54, 1.807) is 12.1 Å². The smallest absolute Gasteiger partial charge is 0.270 e. The lowest BCUT2D eigenvalue weighted by atomic mass is 10.1. The molecule has 1 atom stereocenters. The summed E-state index contributed by atoms with van der Waals surface area (Å²) in [5.41, 5.74) is 3.33. The monoisotopic (exact) mass is 263 g/mol. The van der Waals surface area contributed by atoms with Crippen molar-refractivity contribution in [2.24, 2.45) is 0 Å². The summed E-state index contributed by atoms with van der Waals surface area (Å²) in [6, 6.07) is 3.91. The van der Waals surface area contributed by atoms with Crippen LogP contribution in [0.2, 0.25) is 0 Å². The van der Waals surface area contributed by atoms with Gasteiger partial charge in [-0.2, -0.15) is 0 Å². The number of aryl methyl sites for hydroxylation is 2. The van der Waals surface area contributed by atoms with Gasteiger partial charge in [0.05, 0.1) is 4.92 Å². The second-order valence-electron chi connectivity index (χ2n) is 5.54. The highest BCUT2D eigenvalue weighted by molar-refractivity contribution is 5.63. The van der Waals surface area contributed by atoms with Gasteiger partial charge in [0, 0.05) is 37.0 Å². The van der Waals surface area contributed by atoms with Crippen LogP contribution in [-0.2, 0) is 0 Å². The lowest BCUT2D eigenvalue weighted by Gasteiger charge is -2.24. The van der Waals surface area contributed by atoms with Crippen molar-refractivity contribution in [3.05, 3.63) is 33.4 Å².